The molecule has 3 heterocycles. The van der Waals surface area contributed by atoms with E-state index in [0.29, 0.717) is 75.3 Å². The lowest BCUT2D eigenvalue weighted by Gasteiger charge is -2.36. The van der Waals surface area contributed by atoms with Crippen LogP contribution < -0.4 is 30.6 Å². The summed E-state index contributed by atoms with van der Waals surface area (Å²) in [5, 5.41) is 10.5. The molecule has 1 aliphatic heterocycles. The number of nitrogens with two attached hydrogens (primary N) is 2. The van der Waals surface area contributed by atoms with E-state index in [1.807, 2.05) is 4.90 Å². The Balaban J connectivity index is 1.56. The highest BCUT2D eigenvalue weighted by Crippen LogP contribution is 2.47. The molecule has 206 valence electrons. The van der Waals surface area contributed by atoms with Gasteiger partial charge < -0.3 is 35.5 Å². The number of methoxy groups -OCH3 is 3. The SMILES string of the molecule is COc1cc(-c2c(C#N)c(N)nc3sc(C(=O)N4CCN(c5ccccc5F)CC4)c(N)c23)cc(OC)c1OC. The number of benzene rings is 2. The average molecular weight is 563 g/mol. The van der Waals surface area contributed by atoms with E-state index in [4.69, 9.17) is 25.7 Å². The molecule has 0 saturated carbocycles. The zero-order valence-corrected chi connectivity index (χ0v) is 23.0. The Morgan fingerprint density at radius 3 is 2.27 bits per heavy atom. The molecule has 5 rings (SSSR count). The summed E-state index contributed by atoms with van der Waals surface area (Å²) in [4.78, 5) is 22.4. The van der Waals surface area contributed by atoms with E-state index in [-0.39, 0.29) is 28.8 Å². The van der Waals surface area contributed by atoms with Crippen molar-refractivity contribution in [3.63, 3.8) is 0 Å². The van der Waals surface area contributed by atoms with Gasteiger partial charge in [-0.05, 0) is 29.8 Å². The first-order valence-corrected chi connectivity index (χ1v) is 13.1. The molecule has 2 aromatic heterocycles. The van der Waals surface area contributed by atoms with Crippen molar-refractivity contribution < 1.29 is 23.4 Å². The minimum absolute atomic E-state index is 0.0116. The number of carbonyl (C=O) groups excluding carboxylic acids is 1. The van der Waals surface area contributed by atoms with Crippen LogP contribution in [0.3, 0.4) is 0 Å². The largest absolute Gasteiger partial charge is 0.493 e. The number of para-hydroxylation sites is 1. The summed E-state index contributed by atoms with van der Waals surface area (Å²) in [6, 6.07) is 12.1. The van der Waals surface area contributed by atoms with Crippen LogP contribution >= 0.6 is 11.3 Å². The molecule has 12 heteroatoms. The van der Waals surface area contributed by atoms with Gasteiger partial charge in [-0.1, -0.05) is 12.1 Å². The number of carbonyl (C=O) groups is 1. The van der Waals surface area contributed by atoms with Gasteiger partial charge in [-0.25, -0.2) is 9.37 Å². The summed E-state index contributed by atoms with van der Waals surface area (Å²) >= 11 is 1.12. The molecule has 0 bridgehead atoms. The number of piperazine rings is 1. The van der Waals surface area contributed by atoms with Crippen LogP contribution in [-0.4, -0.2) is 63.3 Å². The smallest absolute Gasteiger partial charge is 0.266 e. The van der Waals surface area contributed by atoms with E-state index in [1.54, 1.807) is 35.2 Å². The van der Waals surface area contributed by atoms with Crippen molar-refractivity contribution in [2.45, 2.75) is 0 Å². The number of nitrogen functional groups attached to an aromatic ring is 2. The fraction of sp³-hybridized carbons (Fsp3) is 0.250. The molecule has 0 aliphatic carbocycles. The van der Waals surface area contributed by atoms with Crippen LogP contribution in [0.25, 0.3) is 21.3 Å². The maximum absolute atomic E-state index is 14.3. The third kappa shape index (κ3) is 4.44. The Morgan fingerprint density at radius 2 is 1.70 bits per heavy atom. The van der Waals surface area contributed by atoms with Gasteiger partial charge in [0.15, 0.2) is 11.5 Å². The second kappa shape index (κ2) is 10.8. The summed E-state index contributed by atoms with van der Waals surface area (Å²) in [5.41, 5.74) is 14.6. The van der Waals surface area contributed by atoms with E-state index >= 15 is 0 Å². The van der Waals surface area contributed by atoms with Crippen LogP contribution in [0.1, 0.15) is 15.2 Å². The van der Waals surface area contributed by atoms with Crippen molar-refractivity contribution in [3.05, 3.63) is 52.7 Å². The van der Waals surface area contributed by atoms with E-state index in [0.717, 1.165) is 11.3 Å². The maximum Gasteiger partial charge on any atom is 0.266 e. The fourth-order valence-electron chi connectivity index (χ4n) is 4.96. The van der Waals surface area contributed by atoms with Gasteiger partial charge in [-0.3, -0.25) is 4.79 Å². The number of thiophene rings is 1. The number of hydrogen-bond donors (Lipinski definition) is 2. The number of hydrogen-bond acceptors (Lipinski definition) is 10. The Hall–Kier alpha value is -4.76. The molecular formula is C28H27FN6O4S. The predicted molar refractivity (Wildman–Crippen MR) is 153 cm³/mol. The molecule has 0 atom stereocenters. The fourth-order valence-corrected chi connectivity index (χ4v) is 6.04. The van der Waals surface area contributed by atoms with Crippen molar-refractivity contribution in [3.8, 4) is 34.4 Å². The van der Waals surface area contributed by atoms with Crippen molar-refractivity contribution in [1.29, 1.82) is 5.26 Å². The van der Waals surface area contributed by atoms with Gasteiger partial charge in [0.25, 0.3) is 5.91 Å². The minimum Gasteiger partial charge on any atom is -0.493 e. The second-order valence-electron chi connectivity index (χ2n) is 9.03. The molecule has 1 amide bonds. The summed E-state index contributed by atoms with van der Waals surface area (Å²) in [6.07, 6.45) is 0. The zero-order valence-electron chi connectivity index (χ0n) is 22.2. The molecule has 0 unspecified atom stereocenters. The van der Waals surface area contributed by atoms with Crippen molar-refractivity contribution >= 4 is 44.7 Å². The molecule has 10 nitrogen and oxygen atoms in total. The number of amides is 1. The Kier molecular flexibility index (Phi) is 7.23. The van der Waals surface area contributed by atoms with Gasteiger partial charge in [0, 0.05) is 37.1 Å². The third-order valence-corrected chi connectivity index (χ3v) is 8.01. The van der Waals surface area contributed by atoms with Crippen molar-refractivity contribution in [2.24, 2.45) is 0 Å². The monoisotopic (exact) mass is 562 g/mol. The Labute approximate surface area is 234 Å². The summed E-state index contributed by atoms with van der Waals surface area (Å²) in [7, 11) is 4.48. The van der Waals surface area contributed by atoms with E-state index < -0.39 is 0 Å². The normalized spacial score (nSPS) is 13.3. The van der Waals surface area contributed by atoms with Gasteiger partial charge in [0.1, 0.15) is 33.0 Å². The highest BCUT2D eigenvalue weighted by Gasteiger charge is 2.30. The number of ether oxygens (including phenoxy) is 3. The van der Waals surface area contributed by atoms with Crippen LogP contribution in [0.5, 0.6) is 17.2 Å². The van der Waals surface area contributed by atoms with Crippen molar-refractivity contribution in [2.75, 3.05) is 63.9 Å². The first-order chi connectivity index (χ1) is 19.3. The first kappa shape index (κ1) is 26.8. The van der Waals surface area contributed by atoms with Gasteiger partial charge in [-0.2, -0.15) is 5.26 Å². The van der Waals surface area contributed by atoms with E-state index in [2.05, 4.69) is 11.1 Å². The van der Waals surface area contributed by atoms with Crippen LogP contribution in [-0.2, 0) is 0 Å². The van der Waals surface area contributed by atoms with Crippen LogP contribution in [0.2, 0.25) is 0 Å². The molecule has 0 spiro atoms. The number of pyridine rings is 1. The van der Waals surface area contributed by atoms with Gasteiger partial charge in [0.2, 0.25) is 5.75 Å². The molecule has 1 fully saturated rings. The molecule has 0 radical (unpaired) electrons. The average Bonchev–Trinajstić information content (AvgIpc) is 3.30. The van der Waals surface area contributed by atoms with E-state index in [9.17, 15) is 14.4 Å². The number of fused-ring (bicyclic) bond motifs is 1. The predicted octanol–water partition coefficient (Wildman–Crippen LogP) is 4.13. The number of nitrogens with zero attached hydrogens (tertiary/aromatic N) is 4. The number of rotatable bonds is 6. The standard InChI is InChI=1S/C28H27FN6O4S/c1-37-19-12-15(13-20(38-2)24(19)39-3)21-16(14-30)26(32)33-27-22(21)23(31)25(40-27)28(36)35-10-8-34(9-11-35)18-7-5-4-6-17(18)29/h4-7,12-13H,8-11,31H2,1-3H3,(H2,32,33). The summed E-state index contributed by atoms with van der Waals surface area (Å²) < 4.78 is 30.7. The molecule has 1 aliphatic rings. The minimum atomic E-state index is -0.299. The molecule has 4 N–H and O–H groups in total. The topological polar surface area (TPSA) is 140 Å². The molecule has 4 aromatic rings. The first-order valence-electron chi connectivity index (χ1n) is 12.3. The lowest BCUT2D eigenvalue weighted by molar-refractivity contribution is 0.0752. The maximum atomic E-state index is 14.3. The Bertz CT molecular complexity index is 1630. The van der Waals surface area contributed by atoms with E-state index in [1.165, 1.54) is 27.4 Å². The highest BCUT2D eigenvalue weighted by atomic mass is 32.1. The highest BCUT2D eigenvalue weighted by molar-refractivity contribution is 7.21. The quantitative estimate of drug-likeness (QED) is 0.355. The summed E-state index contributed by atoms with van der Waals surface area (Å²) in [6.45, 7) is 1.72. The van der Waals surface area contributed by atoms with Gasteiger partial charge >= 0.3 is 0 Å². The number of halogens is 1. The van der Waals surface area contributed by atoms with Gasteiger partial charge in [0.05, 0.1) is 32.7 Å². The van der Waals surface area contributed by atoms with Crippen LogP contribution in [0.4, 0.5) is 21.6 Å². The number of anilines is 3. The van der Waals surface area contributed by atoms with Crippen molar-refractivity contribution in [1.82, 2.24) is 9.88 Å². The van der Waals surface area contributed by atoms with Crippen LogP contribution in [0, 0.1) is 17.1 Å². The molecule has 1 saturated heterocycles. The summed E-state index contributed by atoms with van der Waals surface area (Å²) in [5.74, 6) is 0.588. The zero-order chi connectivity index (χ0) is 28.6. The molecular weight excluding hydrogens is 535 g/mol. The molecule has 2 aromatic carbocycles. The van der Waals surface area contributed by atoms with Gasteiger partial charge in [-0.15, -0.1) is 11.3 Å². The lowest BCUT2D eigenvalue weighted by atomic mass is 9.96. The number of aromatic nitrogens is 1. The molecule has 40 heavy (non-hydrogen) atoms. The lowest BCUT2D eigenvalue weighted by Crippen LogP contribution is -2.49. The third-order valence-electron chi connectivity index (χ3n) is 6.92. The van der Waals surface area contributed by atoms with Crippen LogP contribution in [0.15, 0.2) is 36.4 Å². The second-order valence-corrected chi connectivity index (χ2v) is 10.0. The number of nitriles is 1. The Morgan fingerprint density at radius 1 is 1.05 bits per heavy atom.